The Labute approximate surface area is 112 Å². The fourth-order valence-corrected chi connectivity index (χ4v) is 3.96. The van der Waals surface area contributed by atoms with Crippen molar-refractivity contribution in [2.75, 3.05) is 6.54 Å². The van der Waals surface area contributed by atoms with Crippen LogP contribution in [0.3, 0.4) is 0 Å². The molecule has 0 saturated carbocycles. The second kappa shape index (κ2) is 5.80. The number of hydrogen-bond acceptors (Lipinski definition) is 3. The molecule has 0 saturated heterocycles. The summed E-state index contributed by atoms with van der Waals surface area (Å²) in [5, 5.41) is 8.02. The van der Waals surface area contributed by atoms with Crippen LogP contribution in [0.1, 0.15) is 40.8 Å². The maximum Gasteiger partial charge on any atom is 0.0684 e. The van der Waals surface area contributed by atoms with Gasteiger partial charge in [-0.15, -0.1) is 22.7 Å². The number of nitrogens with one attached hydrogen (secondary N) is 1. The van der Waals surface area contributed by atoms with E-state index in [2.05, 4.69) is 49.0 Å². The van der Waals surface area contributed by atoms with Crippen molar-refractivity contribution in [2.45, 2.75) is 33.2 Å². The first-order valence-corrected chi connectivity index (χ1v) is 7.87. The quantitative estimate of drug-likeness (QED) is 0.846. The minimum absolute atomic E-state index is 0.376. The molecular formula is C14H19NS2. The highest BCUT2D eigenvalue weighted by molar-refractivity contribution is 7.10. The van der Waals surface area contributed by atoms with Gasteiger partial charge in [0.05, 0.1) is 6.04 Å². The zero-order chi connectivity index (χ0) is 12.3. The summed E-state index contributed by atoms with van der Waals surface area (Å²) in [4.78, 5) is 2.90. The van der Waals surface area contributed by atoms with E-state index in [9.17, 15) is 0 Å². The van der Waals surface area contributed by atoms with Gasteiger partial charge in [-0.25, -0.2) is 0 Å². The Balaban J connectivity index is 2.39. The standard InChI is InChI=1S/C14H19NS2/c1-4-11-6-8-17-14(11)13(15-5-2)12-7-9-16-10(12)3/h6-9,13,15H,4-5H2,1-3H3. The van der Waals surface area contributed by atoms with Crippen molar-refractivity contribution in [3.05, 3.63) is 43.8 Å². The van der Waals surface area contributed by atoms with E-state index in [-0.39, 0.29) is 0 Å². The first-order chi connectivity index (χ1) is 8.27. The molecule has 2 rings (SSSR count). The van der Waals surface area contributed by atoms with Crippen molar-refractivity contribution in [3.63, 3.8) is 0 Å². The molecule has 0 spiro atoms. The van der Waals surface area contributed by atoms with Crippen LogP contribution in [0.15, 0.2) is 22.9 Å². The lowest BCUT2D eigenvalue weighted by molar-refractivity contribution is 0.635. The summed E-state index contributed by atoms with van der Waals surface area (Å²) in [6.07, 6.45) is 1.11. The summed E-state index contributed by atoms with van der Waals surface area (Å²) in [5.74, 6) is 0. The van der Waals surface area contributed by atoms with Crippen molar-refractivity contribution in [3.8, 4) is 0 Å². The van der Waals surface area contributed by atoms with Gasteiger partial charge in [0.2, 0.25) is 0 Å². The predicted octanol–water partition coefficient (Wildman–Crippen LogP) is 4.38. The lowest BCUT2D eigenvalue weighted by atomic mass is 10.0. The highest BCUT2D eigenvalue weighted by atomic mass is 32.1. The molecule has 3 heteroatoms. The van der Waals surface area contributed by atoms with E-state index in [4.69, 9.17) is 0 Å². The molecule has 0 aliphatic heterocycles. The highest BCUT2D eigenvalue weighted by Gasteiger charge is 2.19. The SMILES string of the molecule is CCNC(c1ccsc1C)c1sccc1CC. The smallest absolute Gasteiger partial charge is 0.0684 e. The van der Waals surface area contributed by atoms with Crippen molar-refractivity contribution < 1.29 is 0 Å². The van der Waals surface area contributed by atoms with Crippen LogP contribution in [0, 0.1) is 6.92 Å². The first-order valence-electron chi connectivity index (χ1n) is 6.11. The normalized spacial score (nSPS) is 12.9. The molecule has 0 amide bonds. The Bertz CT molecular complexity index is 470. The van der Waals surface area contributed by atoms with Gasteiger partial charge in [-0.2, -0.15) is 0 Å². The van der Waals surface area contributed by atoms with Crippen molar-refractivity contribution >= 4 is 22.7 Å². The molecule has 2 aromatic heterocycles. The maximum absolute atomic E-state index is 3.62. The van der Waals surface area contributed by atoms with Crippen LogP contribution < -0.4 is 5.32 Å². The minimum atomic E-state index is 0.376. The lowest BCUT2D eigenvalue weighted by Crippen LogP contribution is -2.22. The van der Waals surface area contributed by atoms with E-state index in [0.29, 0.717) is 6.04 Å². The second-order valence-corrected chi connectivity index (χ2v) is 6.15. The van der Waals surface area contributed by atoms with E-state index in [1.165, 1.54) is 20.9 Å². The topological polar surface area (TPSA) is 12.0 Å². The molecular weight excluding hydrogens is 246 g/mol. The molecule has 2 aromatic rings. The van der Waals surface area contributed by atoms with Crippen molar-refractivity contribution in [2.24, 2.45) is 0 Å². The van der Waals surface area contributed by atoms with E-state index in [1.54, 1.807) is 0 Å². The van der Waals surface area contributed by atoms with Gasteiger partial charge >= 0.3 is 0 Å². The fourth-order valence-electron chi connectivity index (χ4n) is 2.14. The van der Waals surface area contributed by atoms with Crippen LogP contribution in [-0.4, -0.2) is 6.54 Å². The zero-order valence-corrected chi connectivity index (χ0v) is 12.3. The molecule has 1 unspecified atom stereocenters. The zero-order valence-electron chi connectivity index (χ0n) is 10.6. The average Bonchev–Trinajstić information content (AvgIpc) is 2.94. The Kier molecular flexibility index (Phi) is 4.37. The minimum Gasteiger partial charge on any atom is -0.306 e. The third-order valence-electron chi connectivity index (χ3n) is 3.04. The summed E-state index contributed by atoms with van der Waals surface area (Å²) >= 11 is 3.71. The van der Waals surface area contributed by atoms with E-state index >= 15 is 0 Å². The molecule has 0 fully saturated rings. The highest BCUT2D eigenvalue weighted by Crippen LogP contribution is 2.33. The van der Waals surface area contributed by atoms with Crippen LogP contribution in [0.5, 0.6) is 0 Å². The second-order valence-electron chi connectivity index (χ2n) is 4.09. The van der Waals surface area contributed by atoms with Gasteiger partial charge in [0.1, 0.15) is 0 Å². The van der Waals surface area contributed by atoms with Crippen LogP contribution in [0.2, 0.25) is 0 Å². The molecule has 1 N–H and O–H groups in total. The van der Waals surface area contributed by atoms with E-state index in [1.807, 2.05) is 22.7 Å². The summed E-state index contributed by atoms with van der Waals surface area (Å²) in [5.41, 5.74) is 2.92. The number of thiophene rings is 2. The van der Waals surface area contributed by atoms with Gasteiger partial charge in [-0.05, 0) is 53.9 Å². The number of rotatable bonds is 5. The van der Waals surface area contributed by atoms with Crippen LogP contribution in [0.4, 0.5) is 0 Å². The van der Waals surface area contributed by atoms with Gasteiger partial charge in [0.25, 0.3) is 0 Å². The van der Waals surface area contributed by atoms with Crippen LogP contribution >= 0.6 is 22.7 Å². The van der Waals surface area contributed by atoms with Gasteiger partial charge in [-0.3, -0.25) is 0 Å². The van der Waals surface area contributed by atoms with Gasteiger partial charge in [-0.1, -0.05) is 13.8 Å². The maximum atomic E-state index is 3.62. The summed E-state index contributed by atoms with van der Waals surface area (Å²) in [6, 6.07) is 4.89. The molecule has 92 valence electrons. The molecule has 0 bridgehead atoms. The first kappa shape index (κ1) is 12.8. The third-order valence-corrected chi connectivity index (χ3v) is 4.93. The van der Waals surface area contributed by atoms with E-state index in [0.717, 1.165) is 13.0 Å². The van der Waals surface area contributed by atoms with Crippen LogP contribution in [-0.2, 0) is 6.42 Å². The lowest BCUT2D eigenvalue weighted by Gasteiger charge is -2.18. The monoisotopic (exact) mass is 265 g/mol. The van der Waals surface area contributed by atoms with Gasteiger partial charge in [0, 0.05) is 9.75 Å². The molecule has 0 aliphatic rings. The van der Waals surface area contributed by atoms with Gasteiger partial charge < -0.3 is 5.32 Å². The third kappa shape index (κ3) is 2.62. The summed E-state index contributed by atoms with van der Waals surface area (Å²) < 4.78 is 0. The Morgan fingerprint density at radius 3 is 2.53 bits per heavy atom. The molecule has 0 radical (unpaired) electrons. The summed E-state index contributed by atoms with van der Waals surface area (Å²) in [7, 11) is 0. The molecule has 1 atom stereocenters. The average molecular weight is 265 g/mol. The van der Waals surface area contributed by atoms with Crippen molar-refractivity contribution in [1.29, 1.82) is 0 Å². The molecule has 0 aliphatic carbocycles. The molecule has 17 heavy (non-hydrogen) atoms. The number of aryl methyl sites for hydroxylation is 2. The fraction of sp³-hybridized carbons (Fsp3) is 0.429. The number of hydrogen-bond donors (Lipinski definition) is 1. The largest absolute Gasteiger partial charge is 0.306 e. The van der Waals surface area contributed by atoms with Crippen LogP contribution in [0.25, 0.3) is 0 Å². The van der Waals surface area contributed by atoms with E-state index < -0.39 is 0 Å². The summed E-state index contributed by atoms with van der Waals surface area (Å²) in [6.45, 7) is 7.62. The molecule has 0 aromatic carbocycles. The Morgan fingerprint density at radius 1 is 1.18 bits per heavy atom. The Hall–Kier alpha value is -0.640. The Morgan fingerprint density at radius 2 is 1.94 bits per heavy atom. The predicted molar refractivity (Wildman–Crippen MR) is 78.3 cm³/mol. The molecule has 1 nitrogen and oxygen atoms in total. The molecule has 2 heterocycles. The van der Waals surface area contributed by atoms with Gasteiger partial charge in [0.15, 0.2) is 0 Å². The van der Waals surface area contributed by atoms with Crippen molar-refractivity contribution in [1.82, 2.24) is 5.32 Å².